The summed E-state index contributed by atoms with van der Waals surface area (Å²) < 4.78 is 5.57. The van der Waals surface area contributed by atoms with Crippen molar-refractivity contribution in [2.75, 3.05) is 44.9 Å². The molecule has 2 heterocycles. The van der Waals surface area contributed by atoms with E-state index in [2.05, 4.69) is 69.1 Å². The van der Waals surface area contributed by atoms with Gasteiger partial charge in [-0.1, -0.05) is 42.5 Å². The second kappa shape index (κ2) is 10.2. The van der Waals surface area contributed by atoms with Crippen molar-refractivity contribution in [2.45, 2.75) is 32.4 Å². The van der Waals surface area contributed by atoms with Gasteiger partial charge < -0.3 is 25.4 Å². The molecule has 0 aromatic heterocycles. The van der Waals surface area contributed by atoms with Crippen LogP contribution in [0.15, 0.2) is 53.5 Å². The summed E-state index contributed by atoms with van der Waals surface area (Å²) in [5.41, 5.74) is 5.38. The van der Waals surface area contributed by atoms with E-state index in [-0.39, 0.29) is 12.0 Å². The van der Waals surface area contributed by atoms with E-state index in [9.17, 15) is 5.11 Å². The number of guanidine groups is 1. The molecule has 2 aliphatic rings. The molecule has 0 amide bonds. The largest absolute Gasteiger partial charge is 0.396 e. The molecule has 31 heavy (non-hydrogen) atoms. The van der Waals surface area contributed by atoms with E-state index in [4.69, 9.17) is 4.74 Å². The van der Waals surface area contributed by atoms with Crippen LogP contribution in [0.4, 0.5) is 5.69 Å². The van der Waals surface area contributed by atoms with Gasteiger partial charge in [0.15, 0.2) is 5.96 Å². The van der Waals surface area contributed by atoms with E-state index in [0.29, 0.717) is 6.61 Å². The highest BCUT2D eigenvalue weighted by Crippen LogP contribution is 2.31. The number of aliphatic hydroxyl groups excluding tert-OH is 1. The summed E-state index contributed by atoms with van der Waals surface area (Å²) in [7, 11) is 1.79. The van der Waals surface area contributed by atoms with Crippen molar-refractivity contribution in [2.24, 2.45) is 10.4 Å². The zero-order chi connectivity index (χ0) is 21.5. The number of hydrogen-bond acceptors (Lipinski definition) is 4. The number of para-hydroxylation sites is 1. The highest BCUT2D eigenvalue weighted by Gasteiger charge is 2.34. The first-order chi connectivity index (χ1) is 15.2. The fourth-order valence-electron chi connectivity index (χ4n) is 4.54. The van der Waals surface area contributed by atoms with Crippen LogP contribution in [-0.4, -0.2) is 51.0 Å². The number of aliphatic imine (C=N–C) groups is 1. The zero-order valence-corrected chi connectivity index (χ0v) is 18.4. The topological polar surface area (TPSA) is 69.1 Å². The Morgan fingerprint density at radius 3 is 2.68 bits per heavy atom. The van der Waals surface area contributed by atoms with Crippen LogP contribution in [0.3, 0.4) is 0 Å². The molecule has 2 aromatic rings. The highest BCUT2D eigenvalue weighted by atomic mass is 16.5. The fourth-order valence-corrected chi connectivity index (χ4v) is 4.54. The molecule has 1 unspecified atom stereocenters. The molecule has 0 spiro atoms. The van der Waals surface area contributed by atoms with Crippen LogP contribution in [0.1, 0.15) is 29.5 Å². The number of anilines is 1. The quantitative estimate of drug-likeness (QED) is 0.451. The third-order valence-electron chi connectivity index (χ3n) is 6.52. The maximum atomic E-state index is 9.39. The van der Waals surface area contributed by atoms with Crippen molar-refractivity contribution >= 4 is 11.6 Å². The third-order valence-corrected chi connectivity index (χ3v) is 6.52. The Morgan fingerprint density at radius 1 is 1.13 bits per heavy atom. The van der Waals surface area contributed by atoms with Crippen LogP contribution in [0.25, 0.3) is 0 Å². The van der Waals surface area contributed by atoms with E-state index in [1.54, 1.807) is 7.05 Å². The molecular formula is C25H34N4O2. The lowest BCUT2D eigenvalue weighted by Crippen LogP contribution is -2.44. The van der Waals surface area contributed by atoms with Gasteiger partial charge in [0.2, 0.25) is 0 Å². The number of nitrogens with one attached hydrogen (secondary N) is 2. The Kier molecular flexibility index (Phi) is 7.10. The van der Waals surface area contributed by atoms with Crippen LogP contribution >= 0.6 is 0 Å². The first-order valence-corrected chi connectivity index (χ1v) is 11.3. The van der Waals surface area contributed by atoms with Crippen molar-refractivity contribution in [3.05, 3.63) is 65.2 Å². The van der Waals surface area contributed by atoms with Crippen molar-refractivity contribution in [3.63, 3.8) is 0 Å². The van der Waals surface area contributed by atoms with Crippen molar-refractivity contribution in [1.29, 1.82) is 0 Å². The molecule has 6 heteroatoms. The van der Waals surface area contributed by atoms with E-state index >= 15 is 0 Å². The Morgan fingerprint density at radius 2 is 1.94 bits per heavy atom. The standard InChI is InChI=1S/C25H34N4O2/c1-26-24(28-18-25(11-14-30)12-15-31-19-25)27-16-20-6-8-21(9-7-20)17-29-13-10-22-4-2-3-5-23(22)29/h2-9,30H,10-19H2,1H3,(H2,26,27,28). The lowest BCUT2D eigenvalue weighted by molar-refractivity contribution is 0.127. The van der Waals surface area contributed by atoms with Gasteiger partial charge in [0.1, 0.15) is 0 Å². The van der Waals surface area contributed by atoms with Gasteiger partial charge in [0, 0.05) is 57.5 Å². The lowest BCUT2D eigenvalue weighted by atomic mass is 9.84. The smallest absolute Gasteiger partial charge is 0.191 e. The molecule has 2 aromatic carbocycles. The fraction of sp³-hybridized carbons (Fsp3) is 0.480. The molecule has 4 rings (SSSR count). The minimum absolute atomic E-state index is 0.00219. The van der Waals surface area contributed by atoms with Gasteiger partial charge in [-0.2, -0.15) is 0 Å². The van der Waals surface area contributed by atoms with Gasteiger partial charge in [-0.15, -0.1) is 0 Å². The lowest BCUT2D eigenvalue weighted by Gasteiger charge is -2.27. The zero-order valence-electron chi connectivity index (χ0n) is 18.4. The van der Waals surface area contributed by atoms with Gasteiger partial charge in [-0.3, -0.25) is 4.99 Å². The number of ether oxygens (including phenoxy) is 1. The molecular weight excluding hydrogens is 388 g/mol. The first-order valence-electron chi connectivity index (χ1n) is 11.3. The minimum atomic E-state index is 0.00219. The Balaban J connectivity index is 1.27. The molecule has 1 saturated heterocycles. The number of fused-ring (bicyclic) bond motifs is 1. The van der Waals surface area contributed by atoms with Crippen LogP contribution in [0.5, 0.6) is 0 Å². The van der Waals surface area contributed by atoms with Crippen LogP contribution in [-0.2, 0) is 24.2 Å². The van der Waals surface area contributed by atoms with E-state index < -0.39 is 0 Å². The summed E-state index contributed by atoms with van der Waals surface area (Å²) in [6, 6.07) is 17.5. The summed E-state index contributed by atoms with van der Waals surface area (Å²) in [5.74, 6) is 0.780. The molecule has 0 saturated carbocycles. The Hall–Kier alpha value is -2.57. The molecule has 1 atom stereocenters. The first kappa shape index (κ1) is 21.7. The maximum absolute atomic E-state index is 9.39. The predicted molar refractivity (Wildman–Crippen MR) is 125 cm³/mol. The average Bonchev–Trinajstić information content (AvgIpc) is 3.43. The van der Waals surface area contributed by atoms with Crippen molar-refractivity contribution in [3.8, 4) is 0 Å². The summed E-state index contributed by atoms with van der Waals surface area (Å²) in [4.78, 5) is 6.81. The maximum Gasteiger partial charge on any atom is 0.191 e. The molecule has 1 fully saturated rings. The number of nitrogens with zero attached hydrogens (tertiary/aromatic N) is 2. The van der Waals surface area contributed by atoms with Crippen molar-refractivity contribution < 1.29 is 9.84 Å². The van der Waals surface area contributed by atoms with Gasteiger partial charge in [-0.05, 0) is 42.0 Å². The SMILES string of the molecule is CN=C(NCc1ccc(CN2CCc3ccccc32)cc1)NCC1(CCO)CCOC1. The summed E-state index contributed by atoms with van der Waals surface area (Å²) >= 11 is 0. The second-order valence-corrected chi connectivity index (χ2v) is 8.67. The monoisotopic (exact) mass is 422 g/mol. The molecule has 2 aliphatic heterocycles. The van der Waals surface area contributed by atoms with Crippen LogP contribution < -0.4 is 15.5 Å². The predicted octanol–water partition coefficient (Wildman–Crippen LogP) is 2.70. The molecule has 0 bridgehead atoms. The number of aliphatic hydroxyl groups is 1. The normalized spacial score (nSPS) is 20.7. The average molecular weight is 423 g/mol. The summed E-state index contributed by atoms with van der Waals surface area (Å²) in [6.45, 7) is 5.16. The number of rotatable bonds is 8. The van der Waals surface area contributed by atoms with E-state index in [0.717, 1.165) is 58.0 Å². The minimum Gasteiger partial charge on any atom is -0.396 e. The van der Waals surface area contributed by atoms with Crippen LogP contribution in [0, 0.1) is 5.41 Å². The van der Waals surface area contributed by atoms with Crippen LogP contribution in [0.2, 0.25) is 0 Å². The Labute approximate surface area is 185 Å². The van der Waals surface area contributed by atoms with Gasteiger partial charge >= 0.3 is 0 Å². The Bertz CT molecular complexity index is 875. The number of hydrogen-bond donors (Lipinski definition) is 3. The van der Waals surface area contributed by atoms with Gasteiger partial charge in [0.05, 0.1) is 6.61 Å². The second-order valence-electron chi connectivity index (χ2n) is 8.67. The van der Waals surface area contributed by atoms with E-state index in [1.165, 1.54) is 22.4 Å². The molecule has 166 valence electrons. The van der Waals surface area contributed by atoms with Gasteiger partial charge in [0.25, 0.3) is 0 Å². The molecule has 0 radical (unpaired) electrons. The molecule has 3 N–H and O–H groups in total. The summed E-state index contributed by atoms with van der Waals surface area (Å²) in [5, 5.41) is 16.2. The summed E-state index contributed by atoms with van der Waals surface area (Å²) in [6.07, 6.45) is 2.86. The van der Waals surface area contributed by atoms with E-state index in [1.807, 2.05) is 0 Å². The number of benzene rings is 2. The molecule has 6 nitrogen and oxygen atoms in total. The van der Waals surface area contributed by atoms with Gasteiger partial charge in [-0.25, -0.2) is 0 Å². The van der Waals surface area contributed by atoms with Crippen molar-refractivity contribution in [1.82, 2.24) is 10.6 Å². The molecule has 0 aliphatic carbocycles. The highest BCUT2D eigenvalue weighted by molar-refractivity contribution is 5.79. The third kappa shape index (κ3) is 5.38.